The lowest BCUT2D eigenvalue weighted by Crippen LogP contribution is -2.05. The average molecular weight is 314 g/mol. The fourth-order valence-corrected chi connectivity index (χ4v) is 2.61. The van der Waals surface area contributed by atoms with E-state index in [4.69, 9.17) is 11.5 Å². The standard InChI is InChI=1S/C13H13F3N4S/c1-7(21-12-19-10(17)6-11(18)20-12)8-2-4-9(5-3-8)13(14,15)16/h2-7H,1H3,(H4,17,18,19,20)/t7-/m0/s1. The Kier molecular flexibility index (Phi) is 4.26. The van der Waals surface area contributed by atoms with E-state index in [1.807, 2.05) is 6.92 Å². The Hall–Kier alpha value is -1.96. The number of rotatable bonds is 3. The summed E-state index contributed by atoms with van der Waals surface area (Å²) in [6, 6.07) is 6.43. The van der Waals surface area contributed by atoms with Crippen LogP contribution in [0.5, 0.6) is 0 Å². The molecule has 2 rings (SSSR count). The van der Waals surface area contributed by atoms with Gasteiger partial charge in [0.05, 0.1) is 5.56 Å². The monoisotopic (exact) mass is 314 g/mol. The van der Waals surface area contributed by atoms with Gasteiger partial charge in [-0.3, -0.25) is 0 Å². The molecule has 0 aliphatic carbocycles. The summed E-state index contributed by atoms with van der Waals surface area (Å²) in [7, 11) is 0. The summed E-state index contributed by atoms with van der Waals surface area (Å²) in [4.78, 5) is 8.05. The lowest BCUT2D eigenvalue weighted by molar-refractivity contribution is -0.137. The maximum Gasteiger partial charge on any atom is 0.416 e. The fourth-order valence-electron chi connectivity index (χ4n) is 1.68. The Morgan fingerprint density at radius 2 is 1.57 bits per heavy atom. The molecule has 4 N–H and O–H groups in total. The first-order chi connectivity index (χ1) is 9.75. The van der Waals surface area contributed by atoms with E-state index in [9.17, 15) is 13.2 Å². The number of alkyl halides is 3. The second kappa shape index (κ2) is 5.80. The minimum atomic E-state index is -4.33. The Bertz CT molecular complexity index is 608. The number of nitrogens with zero attached hydrogens (tertiary/aromatic N) is 2. The summed E-state index contributed by atoms with van der Waals surface area (Å²) < 4.78 is 37.5. The van der Waals surface area contributed by atoms with Crippen molar-refractivity contribution in [2.24, 2.45) is 0 Å². The number of benzene rings is 1. The van der Waals surface area contributed by atoms with Gasteiger partial charge >= 0.3 is 6.18 Å². The summed E-state index contributed by atoms with van der Waals surface area (Å²) in [5.41, 5.74) is 11.2. The van der Waals surface area contributed by atoms with Gasteiger partial charge in [0.1, 0.15) is 11.6 Å². The van der Waals surface area contributed by atoms with E-state index >= 15 is 0 Å². The molecule has 1 atom stereocenters. The van der Waals surface area contributed by atoms with Crippen LogP contribution in [0.2, 0.25) is 0 Å². The number of aromatic nitrogens is 2. The maximum atomic E-state index is 12.5. The van der Waals surface area contributed by atoms with Gasteiger partial charge in [-0.25, -0.2) is 9.97 Å². The van der Waals surface area contributed by atoms with Crippen molar-refractivity contribution in [2.75, 3.05) is 11.5 Å². The molecule has 21 heavy (non-hydrogen) atoms. The summed E-state index contributed by atoms with van der Waals surface area (Å²) in [5.74, 6) is 0.509. The van der Waals surface area contributed by atoms with Gasteiger partial charge in [-0.05, 0) is 24.6 Å². The van der Waals surface area contributed by atoms with E-state index in [-0.39, 0.29) is 16.9 Å². The van der Waals surface area contributed by atoms with Crippen molar-refractivity contribution in [3.05, 3.63) is 41.5 Å². The van der Waals surface area contributed by atoms with Crippen molar-refractivity contribution < 1.29 is 13.2 Å². The Balaban J connectivity index is 2.15. The lowest BCUT2D eigenvalue weighted by Gasteiger charge is -2.12. The van der Waals surface area contributed by atoms with Crippen LogP contribution in [0.25, 0.3) is 0 Å². The van der Waals surface area contributed by atoms with Crippen molar-refractivity contribution in [3.8, 4) is 0 Å². The largest absolute Gasteiger partial charge is 0.416 e. The zero-order valence-electron chi connectivity index (χ0n) is 11.1. The molecule has 2 aromatic rings. The molecule has 0 aliphatic heterocycles. The van der Waals surface area contributed by atoms with Crippen molar-refractivity contribution in [1.29, 1.82) is 0 Å². The number of thioether (sulfide) groups is 1. The van der Waals surface area contributed by atoms with E-state index in [1.54, 1.807) is 0 Å². The highest BCUT2D eigenvalue weighted by Crippen LogP contribution is 2.35. The number of hydrogen-bond acceptors (Lipinski definition) is 5. The van der Waals surface area contributed by atoms with Crippen molar-refractivity contribution in [1.82, 2.24) is 9.97 Å². The second-order valence-electron chi connectivity index (χ2n) is 4.38. The van der Waals surface area contributed by atoms with Crippen LogP contribution in [0.1, 0.15) is 23.3 Å². The maximum absolute atomic E-state index is 12.5. The predicted molar refractivity (Wildman–Crippen MR) is 76.6 cm³/mol. The highest BCUT2D eigenvalue weighted by Gasteiger charge is 2.30. The summed E-state index contributed by atoms with van der Waals surface area (Å²) >= 11 is 1.27. The van der Waals surface area contributed by atoms with E-state index < -0.39 is 11.7 Å². The summed E-state index contributed by atoms with van der Waals surface area (Å²) in [6.45, 7) is 1.84. The summed E-state index contributed by atoms with van der Waals surface area (Å²) in [5, 5.41) is 0.258. The van der Waals surface area contributed by atoms with Crippen LogP contribution < -0.4 is 11.5 Å². The van der Waals surface area contributed by atoms with Gasteiger partial charge in [0, 0.05) is 11.3 Å². The van der Waals surface area contributed by atoms with Crippen LogP contribution in [-0.2, 0) is 6.18 Å². The minimum Gasteiger partial charge on any atom is -0.383 e. The molecule has 1 aromatic heterocycles. The molecule has 0 saturated heterocycles. The molecule has 1 aromatic carbocycles. The Labute approximate surface area is 123 Å². The van der Waals surface area contributed by atoms with Gasteiger partial charge in [-0.2, -0.15) is 13.2 Å². The molecule has 112 valence electrons. The number of nitrogen functional groups attached to an aromatic ring is 2. The number of nitrogens with two attached hydrogens (primary N) is 2. The van der Waals surface area contributed by atoms with Gasteiger partial charge in [0.15, 0.2) is 5.16 Å². The molecule has 0 saturated carbocycles. The van der Waals surface area contributed by atoms with Crippen molar-refractivity contribution >= 4 is 23.4 Å². The van der Waals surface area contributed by atoms with Gasteiger partial charge in [0.25, 0.3) is 0 Å². The average Bonchev–Trinajstić information content (AvgIpc) is 2.36. The van der Waals surface area contributed by atoms with Crippen LogP contribution in [0, 0.1) is 0 Å². The predicted octanol–water partition coefficient (Wildman–Crippen LogP) is 3.51. The van der Waals surface area contributed by atoms with E-state index in [0.29, 0.717) is 5.16 Å². The van der Waals surface area contributed by atoms with Crippen molar-refractivity contribution in [2.45, 2.75) is 23.5 Å². The smallest absolute Gasteiger partial charge is 0.383 e. The molecule has 0 aliphatic rings. The molecule has 1 heterocycles. The van der Waals surface area contributed by atoms with Gasteiger partial charge in [-0.1, -0.05) is 23.9 Å². The molecule has 4 nitrogen and oxygen atoms in total. The molecular formula is C13H13F3N4S. The minimum absolute atomic E-state index is 0.131. The van der Waals surface area contributed by atoms with Crippen molar-refractivity contribution in [3.63, 3.8) is 0 Å². The SMILES string of the molecule is C[C@H](Sc1nc(N)cc(N)n1)c1ccc(C(F)(F)F)cc1. The van der Waals surface area contributed by atoms with Gasteiger partial charge in [-0.15, -0.1) is 0 Å². The van der Waals surface area contributed by atoms with Crippen LogP contribution in [0.4, 0.5) is 24.8 Å². The molecule has 0 amide bonds. The van der Waals surface area contributed by atoms with Crippen LogP contribution in [-0.4, -0.2) is 9.97 Å². The molecule has 0 fully saturated rings. The quantitative estimate of drug-likeness (QED) is 0.669. The van der Waals surface area contributed by atoms with Gasteiger partial charge < -0.3 is 11.5 Å². The fraction of sp³-hybridized carbons (Fsp3) is 0.231. The second-order valence-corrected chi connectivity index (χ2v) is 5.69. The third-order valence-electron chi connectivity index (χ3n) is 2.73. The third kappa shape index (κ3) is 4.01. The van der Waals surface area contributed by atoms with Crippen LogP contribution in [0.15, 0.2) is 35.5 Å². The Morgan fingerprint density at radius 3 is 2.05 bits per heavy atom. The number of hydrogen-bond donors (Lipinski definition) is 2. The molecule has 0 radical (unpaired) electrons. The first-order valence-corrected chi connectivity index (χ1v) is 6.87. The van der Waals surface area contributed by atoms with Crippen LogP contribution >= 0.6 is 11.8 Å². The number of anilines is 2. The first kappa shape index (κ1) is 15.4. The third-order valence-corrected chi connectivity index (χ3v) is 3.75. The normalized spacial score (nSPS) is 13.1. The van der Waals surface area contributed by atoms with E-state index in [0.717, 1.165) is 17.7 Å². The van der Waals surface area contributed by atoms with Crippen LogP contribution in [0.3, 0.4) is 0 Å². The molecule has 0 unspecified atom stereocenters. The highest BCUT2D eigenvalue weighted by molar-refractivity contribution is 7.99. The zero-order valence-corrected chi connectivity index (χ0v) is 11.9. The molecule has 8 heteroatoms. The number of halogens is 3. The molecule has 0 spiro atoms. The zero-order chi connectivity index (χ0) is 15.6. The van der Waals surface area contributed by atoms with E-state index in [1.165, 1.54) is 30.0 Å². The van der Waals surface area contributed by atoms with Gasteiger partial charge in [0.2, 0.25) is 0 Å². The summed E-state index contributed by atoms with van der Waals surface area (Å²) in [6.07, 6.45) is -4.33. The van der Waals surface area contributed by atoms with E-state index in [2.05, 4.69) is 9.97 Å². The topological polar surface area (TPSA) is 77.8 Å². The first-order valence-electron chi connectivity index (χ1n) is 5.99. The molecular weight excluding hydrogens is 301 g/mol. The lowest BCUT2D eigenvalue weighted by atomic mass is 10.1. The Morgan fingerprint density at radius 1 is 1.05 bits per heavy atom. The molecule has 0 bridgehead atoms. The highest BCUT2D eigenvalue weighted by atomic mass is 32.2.